The van der Waals surface area contributed by atoms with Crippen LogP contribution < -0.4 is 5.73 Å². The smallest absolute Gasteiger partial charge is 0.0709 e. The zero-order valence-electron chi connectivity index (χ0n) is 10.5. The molecule has 16 heavy (non-hydrogen) atoms. The van der Waals surface area contributed by atoms with Gasteiger partial charge in [-0.2, -0.15) is 0 Å². The molecule has 0 aromatic carbocycles. The Morgan fingerprint density at radius 1 is 1.31 bits per heavy atom. The minimum Gasteiger partial charge on any atom is -0.377 e. The SMILES string of the molecule is CCOC(CN)CCN1CC2CCCC2C1. The average molecular weight is 226 g/mol. The van der Waals surface area contributed by atoms with Crippen molar-refractivity contribution in [2.24, 2.45) is 17.6 Å². The van der Waals surface area contributed by atoms with Crippen LogP contribution in [0.2, 0.25) is 0 Å². The molecule has 2 N–H and O–H groups in total. The Morgan fingerprint density at radius 3 is 2.56 bits per heavy atom. The summed E-state index contributed by atoms with van der Waals surface area (Å²) in [7, 11) is 0. The van der Waals surface area contributed by atoms with Crippen molar-refractivity contribution < 1.29 is 4.74 Å². The van der Waals surface area contributed by atoms with Crippen LogP contribution in [0.15, 0.2) is 0 Å². The lowest BCUT2D eigenvalue weighted by Crippen LogP contribution is -2.31. The molecule has 1 aliphatic carbocycles. The predicted molar refractivity (Wildman–Crippen MR) is 66.4 cm³/mol. The first kappa shape index (κ1) is 12.3. The Hall–Kier alpha value is -0.120. The molecule has 94 valence electrons. The van der Waals surface area contributed by atoms with E-state index in [1.54, 1.807) is 0 Å². The first-order chi connectivity index (χ1) is 7.83. The molecule has 0 amide bonds. The predicted octanol–water partition coefficient (Wildman–Crippen LogP) is 1.47. The molecule has 2 aliphatic rings. The zero-order valence-corrected chi connectivity index (χ0v) is 10.5. The van der Waals surface area contributed by atoms with Crippen LogP contribution in [-0.4, -0.2) is 43.8 Å². The molecule has 1 saturated carbocycles. The van der Waals surface area contributed by atoms with Crippen LogP contribution in [0, 0.1) is 11.8 Å². The van der Waals surface area contributed by atoms with Crippen molar-refractivity contribution in [3.63, 3.8) is 0 Å². The summed E-state index contributed by atoms with van der Waals surface area (Å²) >= 11 is 0. The molecule has 0 bridgehead atoms. The van der Waals surface area contributed by atoms with E-state index in [9.17, 15) is 0 Å². The number of hydrogen-bond acceptors (Lipinski definition) is 3. The molecular weight excluding hydrogens is 200 g/mol. The Morgan fingerprint density at radius 2 is 2.00 bits per heavy atom. The van der Waals surface area contributed by atoms with E-state index in [1.165, 1.54) is 38.9 Å². The lowest BCUT2D eigenvalue weighted by molar-refractivity contribution is 0.0556. The highest BCUT2D eigenvalue weighted by molar-refractivity contribution is 4.88. The summed E-state index contributed by atoms with van der Waals surface area (Å²) in [6.07, 6.45) is 5.77. The van der Waals surface area contributed by atoms with Crippen LogP contribution in [0.3, 0.4) is 0 Å². The Bertz CT molecular complexity index is 198. The maximum Gasteiger partial charge on any atom is 0.0709 e. The summed E-state index contributed by atoms with van der Waals surface area (Å²) in [4.78, 5) is 2.62. The number of rotatable bonds is 6. The Labute approximate surface area is 99.3 Å². The molecule has 1 saturated heterocycles. The molecule has 3 nitrogen and oxygen atoms in total. The standard InChI is InChI=1S/C13H26N2O/c1-2-16-13(8-14)6-7-15-9-11-4-3-5-12(11)10-15/h11-13H,2-10,14H2,1H3. The van der Waals surface area contributed by atoms with Gasteiger partial charge in [-0.15, -0.1) is 0 Å². The van der Waals surface area contributed by atoms with Gasteiger partial charge < -0.3 is 15.4 Å². The first-order valence-electron chi connectivity index (χ1n) is 6.87. The fourth-order valence-corrected chi connectivity index (χ4v) is 3.35. The van der Waals surface area contributed by atoms with E-state index in [2.05, 4.69) is 4.90 Å². The highest BCUT2D eigenvalue weighted by atomic mass is 16.5. The topological polar surface area (TPSA) is 38.5 Å². The lowest BCUT2D eigenvalue weighted by Gasteiger charge is -2.20. The van der Waals surface area contributed by atoms with Gasteiger partial charge >= 0.3 is 0 Å². The average Bonchev–Trinajstić information content (AvgIpc) is 2.84. The molecule has 2 fully saturated rings. The van der Waals surface area contributed by atoms with E-state index in [0.717, 1.165) is 24.9 Å². The van der Waals surface area contributed by atoms with Crippen LogP contribution in [0.1, 0.15) is 32.6 Å². The summed E-state index contributed by atoms with van der Waals surface area (Å²) in [5.41, 5.74) is 5.69. The van der Waals surface area contributed by atoms with Gasteiger partial charge in [-0.1, -0.05) is 6.42 Å². The highest BCUT2D eigenvalue weighted by Crippen LogP contribution is 2.37. The van der Waals surface area contributed by atoms with E-state index >= 15 is 0 Å². The largest absolute Gasteiger partial charge is 0.377 e. The second-order valence-corrected chi connectivity index (χ2v) is 5.31. The van der Waals surface area contributed by atoms with Crippen molar-refractivity contribution in [2.75, 3.05) is 32.8 Å². The van der Waals surface area contributed by atoms with Gasteiger partial charge in [-0.25, -0.2) is 0 Å². The number of likely N-dealkylation sites (tertiary alicyclic amines) is 1. The minimum atomic E-state index is 0.269. The van der Waals surface area contributed by atoms with Crippen LogP contribution in [0.5, 0.6) is 0 Å². The molecule has 3 atom stereocenters. The van der Waals surface area contributed by atoms with Gasteiger partial charge in [0.15, 0.2) is 0 Å². The molecule has 3 heteroatoms. The molecule has 1 aliphatic heterocycles. The fourth-order valence-electron chi connectivity index (χ4n) is 3.35. The zero-order chi connectivity index (χ0) is 11.4. The monoisotopic (exact) mass is 226 g/mol. The molecule has 0 aromatic heterocycles. The van der Waals surface area contributed by atoms with E-state index in [0.29, 0.717) is 6.54 Å². The second kappa shape index (κ2) is 5.99. The lowest BCUT2D eigenvalue weighted by atomic mass is 10.0. The van der Waals surface area contributed by atoms with Crippen molar-refractivity contribution in [1.29, 1.82) is 0 Å². The Kier molecular flexibility index (Phi) is 4.62. The molecule has 3 unspecified atom stereocenters. The summed E-state index contributed by atoms with van der Waals surface area (Å²) in [6.45, 7) is 7.32. The second-order valence-electron chi connectivity index (χ2n) is 5.31. The number of nitrogens with zero attached hydrogens (tertiary/aromatic N) is 1. The van der Waals surface area contributed by atoms with E-state index in [4.69, 9.17) is 10.5 Å². The van der Waals surface area contributed by atoms with Gasteiger partial charge in [0.05, 0.1) is 6.10 Å². The minimum absolute atomic E-state index is 0.269. The summed E-state index contributed by atoms with van der Waals surface area (Å²) in [6, 6.07) is 0. The quantitative estimate of drug-likeness (QED) is 0.745. The summed E-state index contributed by atoms with van der Waals surface area (Å²) in [5, 5.41) is 0. The summed E-state index contributed by atoms with van der Waals surface area (Å²) < 4.78 is 5.59. The van der Waals surface area contributed by atoms with Crippen molar-refractivity contribution in [3.05, 3.63) is 0 Å². The Balaban J connectivity index is 1.67. The summed E-state index contributed by atoms with van der Waals surface area (Å²) in [5.74, 6) is 2.01. The van der Waals surface area contributed by atoms with Crippen LogP contribution in [0.25, 0.3) is 0 Å². The third-order valence-electron chi connectivity index (χ3n) is 4.23. The van der Waals surface area contributed by atoms with Gasteiger partial charge in [-0.05, 0) is 38.0 Å². The normalized spacial score (nSPS) is 31.9. The van der Waals surface area contributed by atoms with Crippen LogP contribution >= 0.6 is 0 Å². The third kappa shape index (κ3) is 2.96. The van der Waals surface area contributed by atoms with Crippen LogP contribution in [-0.2, 0) is 4.74 Å². The van der Waals surface area contributed by atoms with Gasteiger partial charge in [0.2, 0.25) is 0 Å². The molecule has 1 heterocycles. The molecule has 0 radical (unpaired) electrons. The highest BCUT2D eigenvalue weighted by Gasteiger charge is 2.35. The third-order valence-corrected chi connectivity index (χ3v) is 4.23. The molecular formula is C13H26N2O. The van der Waals surface area contributed by atoms with Gasteiger partial charge in [-0.3, -0.25) is 0 Å². The maximum atomic E-state index is 5.69. The molecule has 2 rings (SSSR count). The first-order valence-corrected chi connectivity index (χ1v) is 6.87. The van der Waals surface area contributed by atoms with Crippen molar-refractivity contribution in [2.45, 2.75) is 38.7 Å². The number of fused-ring (bicyclic) bond motifs is 1. The van der Waals surface area contributed by atoms with Gasteiger partial charge in [0.25, 0.3) is 0 Å². The van der Waals surface area contributed by atoms with Crippen molar-refractivity contribution >= 4 is 0 Å². The van der Waals surface area contributed by atoms with Crippen molar-refractivity contribution in [1.82, 2.24) is 4.90 Å². The number of hydrogen-bond donors (Lipinski definition) is 1. The van der Waals surface area contributed by atoms with E-state index in [-0.39, 0.29) is 6.10 Å². The van der Waals surface area contributed by atoms with E-state index in [1.807, 2.05) is 6.92 Å². The van der Waals surface area contributed by atoms with E-state index < -0.39 is 0 Å². The van der Waals surface area contributed by atoms with Crippen LogP contribution in [0.4, 0.5) is 0 Å². The number of ether oxygens (including phenoxy) is 1. The fraction of sp³-hybridized carbons (Fsp3) is 1.00. The number of nitrogens with two attached hydrogens (primary N) is 1. The van der Waals surface area contributed by atoms with Crippen molar-refractivity contribution in [3.8, 4) is 0 Å². The maximum absolute atomic E-state index is 5.69. The van der Waals surface area contributed by atoms with Gasteiger partial charge in [0, 0.05) is 32.8 Å². The van der Waals surface area contributed by atoms with Gasteiger partial charge in [0.1, 0.15) is 0 Å². The molecule has 0 spiro atoms. The molecule has 0 aromatic rings.